The Balaban J connectivity index is 0.00000324. The van der Waals surface area contributed by atoms with Crippen molar-refractivity contribution in [1.29, 1.82) is 0 Å². The van der Waals surface area contributed by atoms with Crippen LogP contribution in [0.15, 0.2) is 24.3 Å². The zero-order valence-corrected chi connectivity index (χ0v) is 13.3. The number of carbonyl (C=O) groups is 1. The minimum absolute atomic E-state index is 0. The number of amides is 1. The Labute approximate surface area is 122 Å². The molecule has 0 aliphatic heterocycles. The van der Waals surface area contributed by atoms with Gasteiger partial charge in [-0.2, -0.15) is 0 Å². The summed E-state index contributed by atoms with van der Waals surface area (Å²) in [4.78, 5) is 13.5. The molecule has 3 nitrogen and oxygen atoms in total. The first kappa shape index (κ1) is 17.9. The van der Waals surface area contributed by atoms with Gasteiger partial charge in [-0.25, -0.2) is 0 Å². The molecule has 19 heavy (non-hydrogen) atoms. The number of carbonyl (C=O) groups excluding carboxylic acids is 1. The number of nitrogens with two attached hydrogens (primary N) is 1. The molecule has 0 aromatic heterocycles. The third-order valence-electron chi connectivity index (χ3n) is 3.23. The van der Waals surface area contributed by atoms with E-state index in [1.165, 1.54) is 11.1 Å². The maximum atomic E-state index is 11.8. The fourth-order valence-electron chi connectivity index (χ4n) is 2.11. The summed E-state index contributed by atoms with van der Waals surface area (Å²) in [5, 5.41) is 0. The van der Waals surface area contributed by atoms with Gasteiger partial charge in [0.2, 0.25) is 5.91 Å². The first-order valence-corrected chi connectivity index (χ1v) is 6.32. The van der Waals surface area contributed by atoms with Crippen LogP contribution in [0.25, 0.3) is 0 Å². The van der Waals surface area contributed by atoms with Crippen molar-refractivity contribution in [2.75, 3.05) is 13.6 Å². The second-order valence-electron chi connectivity index (χ2n) is 5.73. The van der Waals surface area contributed by atoms with E-state index in [1.54, 1.807) is 11.8 Å². The number of likely N-dealkylation sites (N-methyl/N-ethyl adjacent to an activating group) is 1. The van der Waals surface area contributed by atoms with Crippen LogP contribution in [-0.4, -0.2) is 30.4 Å². The molecule has 1 rings (SSSR count). The summed E-state index contributed by atoms with van der Waals surface area (Å²) in [6.07, 6.45) is 0. The Kier molecular flexibility index (Phi) is 6.53. The lowest BCUT2D eigenvalue weighted by Gasteiger charge is -2.31. The Bertz CT molecular complexity index is 413. The molecule has 0 spiro atoms. The SMILES string of the molecule is Cc1ccc(C(C)(C)CN(C)C(=O)[C@@H](C)N)cc1.Cl. The number of nitrogens with zero attached hydrogens (tertiary/aromatic N) is 1. The minimum atomic E-state index is -0.441. The van der Waals surface area contributed by atoms with Crippen molar-refractivity contribution in [1.82, 2.24) is 4.90 Å². The van der Waals surface area contributed by atoms with Crippen LogP contribution in [0.2, 0.25) is 0 Å². The van der Waals surface area contributed by atoms with Gasteiger partial charge in [0.1, 0.15) is 0 Å². The maximum Gasteiger partial charge on any atom is 0.238 e. The molecule has 4 heteroatoms. The molecular weight excluding hydrogens is 260 g/mol. The number of aryl methyl sites for hydroxylation is 1. The van der Waals surface area contributed by atoms with Crippen LogP contribution >= 0.6 is 12.4 Å². The number of halogens is 1. The summed E-state index contributed by atoms with van der Waals surface area (Å²) in [7, 11) is 1.81. The molecule has 2 N–H and O–H groups in total. The minimum Gasteiger partial charge on any atom is -0.344 e. The van der Waals surface area contributed by atoms with Crippen LogP contribution in [0.1, 0.15) is 31.9 Å². The molecule has 0 radical (unpaired) electrons. The van der Waals surface area contributed by atoms with E-state index < -0.39 is 6.04 Å². The lowest BCUT2D eigenvalue weighted by Crippen LogP contribution is -2.45. The molecule has 0 fully saturated rings. The molecule has 0 aliphatic rings. The molecule has 0 saturated heterocycles. The van der Waals surface area contributed by atoms with Gasteiger partial charge in [0.05, 0.1) is 6.04 Å². The molecule has 0 aliphatic carbocycles. The van der Waals surface area contributed by atoms with Gasteiger partial charge >= 0.3 is 0 Å². The van der Waals surface area contributed by atoms with Crippen LogP contribution in [0.3, 0.4) is 0 Å². The molecule has 1 aromatic rings. The lowest BCUT2D eigenvalue weighted by atomic mass is 9.83. The van der Waals surface area contributed by atoms with Crippen molar-refractivity contribution >= 4 is 18.3 Å². The van der Waals surface area contributed by atoms with Crippen molar-refractivity contribution < 1.29 is 4.79 Å². The van der Waals surface area contributed by atoms with E-state index in [9.17, 15) is 4.79 Å². The van der Waals surface area contributed by atoms with Gasteiger partial charge in [0, 0.05) is 19.0 Å². The normalized spacial score (nSPS) is 12.5. The highest BCUT2D eigenvalue weighted by molar-refractivity contribution is 5.85. The van der Waals surface area contributed by atoms with Crippen molar-refractivity contribution in [2.45, 2.75) is 39.2 Å². The lowest BCUT2D eigenvalue weighted by molar-refractivity contribution is -0.131. The van der Waals surface area contributed by atoms with Crippen LogP contribution in [-0.2, 0) is 10.2 Å². The summed E-state index contributed by atoms with van der Waals surface area (Å²) in [5.41, 5.74) is 8.03. The standard InChI is InChI=1S/C15H24N2O.ClH/c1-11-6-8-13(9-7-11)15(3,4)10-17(5)14(18)12(2)16;/h6-9,12H,10,16H2,1-5H3;1H/t12-;/m1./s1. The maximum absolute atomic E-state index is 11.8. The zero-order chi connectivity index (χ0) is 13.9. The Morgan fingerprint density at radius 3 is 2.21 bits per heavy atom. The monoisotopic (exact) mass is 284 g/mol. The van der Waals surface area contributed by atoms with Gasteiger partial charge in [-0.15, -0.1) is 12.4 Å². The van der Waals surface area contributed by atoms with Crippen LogP contribution in [0.4, 0.5) is 0 Å². The summed E-state index contributed by atoms with van der Waals surface area (Å²) < 4.78 is 0. The van der Waals surface area contributed by atoms with E-state index in [0.717, 1.165) is 0 Å². The van der Waals surface area contributed by atoms with Gasteiger partial charge < -0.3 is 10.6 Å². The highest BCUT2D eigenvalue weighted by Crippen LogP contribution is 2.24. The second-order valence-corrected chi connectivity index (χ2v) is 5.73. The molecule has 1 amide bonds. The van der Waals surface area contributed by atoms with Gasteiger partial charge in [-0.3, -0.25) is 4.79 Å². The van der Waals surface area contributed by atoms with E-state index >= 15 is 0 Å². The topological polar surface area (TPSA) is 46.3 Å². The van der Waals surface area contributed by atoms with E-state index in [-0.39, 0.29) is 23.7 Å². The molecule has 0 unspecified atom stereocenters. The largest absolute Gasteiger partial charge is 0.344 e. The summed E-state index contributed by atoms with van der Waals surface area (Å²) in [5.74, 6) is -0.0183. The third-order valence-corrected chi connectivity index (χ3v) is 3.23. The number of benzene rings is 1. The third kappa shape index (κ3) is 4.84. The van der Waals surface area contributed by atoms with Crippen molar-refractivity contribution in [3.63, 3.8) is 0 Å². The Morgan fingerprint density at radius 1 is 1.32 bits per heavy atom. The summed E-state index contributed by atoms with van der Waals surface area (Å²) in [6, 6.07) is 8.01. The highest BCUT2D eigenvalue weighted by Gasteiger charge is 2.25. The summed E-state index contributed by atoms with van der Waals surface area (Å²) in [6.45, 7) is 8.74. The van der Waals surface area contributed by atoms with E-state index in [0.29, 0.717) is 6.54 Å². The van der Waals surface area contributed by atoms with Crippen LogP contribution in [0.5, 0.6) is 0 Å². The van der Waals surface area contributed by atoms with Gasteiger partial charge in [0.15, 0.2) is 0 Å². The van der Waals surface area contributed by atoms with Gasteiger partial charge in [-0.1, -0.05) is 43.7 Å². The highest BCUT2D eigenvalue weighted by atomic mass is 35.5. The number of hydrogen-bond acceptors (Lipinski definition) is 2. The van der Waals surface area contributed by atoms with Gasteiger partial charge in [0.25, 0.3) is 0 Å². The Hall–Kier alpha value is -1.06. The predicted molar refractivity (Wildman–Crippen MR) is 82.7 cm³/mol. The molecular formula is C15H25ClN2O. The number of rotatable bonds is 4. The van der Waals surface area contributed by atoms with Crippen molar-refractivity contribution in [3.05, 3.63) is 35.4 Å². The summed E-state index contributed by atoms with van der Waals surface area (Å²) >= 11 is 0. The second kappa shape index (κ2) is 6.92. The molecule has 0 heterocycles. The van der Waals surface area contributed by atoms with E-state index in [2.05, 4.69) is 45.0 Å². The fourth-order valence-corrected chi connectivity index (χ4v) is 2.11. The molecule has 1 aromatic carbocycles. The first-order chi connectivity index (χ1) is 8.24. The smallest absolute Gasteiger partial charge is 0.238 e. The van der Waals surface area contributed by atoms with Crippen LogP contribution < -0.4 is 5.73 Å². The van der Waals surface area contributed by atoms with E-state index in [1.807, 2.05) is 7.05 Å². The molecule has 0 bridgehead atoms. The average molecular weight is 285 g/mol. The molecule has 0 saturated carbocycles. The van der Waals surface area contributed by atoms with Crippen LogP contribution in [0, 0.1) is 6.92 Å². The molecule has 108 valence electrons. The van der Waals surface area contributed by atoms with Crippen molar-refractivity contribution in [3.8, 4) is 0 Å². The number of hydrogen-bond donors (Lipinski definition) is 1. The molecule has 1 atom stereocenters. The fraction of sp³-hybridized carbons (Fsp3) is 0.533. The van der Waals surface area contributed by atoms with Gasteiger partial charge in [-0.05, 0) is 19.4 Å². The average Bonchev–Trinajstić information content (AvgIpc) is 2.27. The van der Waals surface area contributed by atoms with E-state index in [4.69, 9.17) is 5.73 Å². The van der Waals surface area contributed by atoms with Crippen molar-refractivity contribution in [2.24, 2.45) is 5.73 Å². The first-order valence-electron chi connectivity index (χ1n) is 6.32. The Morgan fingerprint density at radius 2 is 1.79 bits per heavy atom. The quantitative estimate of drug-likeness (QED) is 0.923. The zero-order valence-electron chi connectivity index (χ0n) is 12.4. The predicted octanol–water partition coefficient (Wildman–Crippen LogP) is 2.50.